The van der Waals surface area contributed by atoms with Crippen molar-refractivity contribution in [3.8, 4) is 33.8 Å². The van der Waals surface area contributed by atoms with Crippen molar-refractivity contribution in [2.24, 2.45) is 0 Å². The van der Waals surface area contributed by atoms with Crippen LogP contribution in [0.3, 0.4) is 0 Å². The van der Waals surface area contributed by atoms with Gasteiger partial charge >= 0.3 is 0 Å². The van der Waals surface area contributed by atoms with Gasteiger partial charge in [-0.1, -0.05) is 76.6 Å². The maximum atomic E-state index is 4.94. The van der Waals surface area contributed by atoms with Crippen molar-refractivity contribution in [2.75, 3.05) is 0 Å². The third-order valence-corrected chi connectivity index (χ3v) is 5.35. The molecular formula is C25H16BrN3. The lowest BCUT2D eigenvalue weighted by Gasteiger charge is -2.10. The zero-order chi connectivity index (χ0) is 19.6. The number of nitrogens with zero attached hydrogens (tertiary/aromatic N) is 3. The minimum atomic E-state index is 0.670. The highest BCUT2D eigenvalue weighted by atomic mass is 79.9. The normalized spacial score (nSPS) is 10.9. The van der Waals surface area contributed by atoms with E-state index in [1.807, 2.05) is 42.5 Å². The Hall–Kier alpha value is -3.37. The molecule has 0 aliphatic rings. The van der Waals surface area contributed by atoms with Gasteiger partial charge in [-0.2, -0.15) is 0 Å². The van der Waals surface area contributed by atoms with E-state index < -0.39 is 0 Å². The molecule has 5 aromatic rings. The van der Waals surface area contributed by atoms with E-state index in [0.29, 0.717) is 11.5 Å². The van der Waals surface area contributed by atoms with E-state index in [2.05, 4.69) is 69.4 Å². The topological polar surface area (TPSA) is 38.7 Å². The van der Waals surface area contributed by atoms with Gasteiger partial charge in [0.1, 0.15) is 0 Å². The zero-order valence-corrected chi connectivity index (χ0v) is 17.0. The molecule has 3 nitrogen and oxygen atoms in total. The van der Waals surface area contributed by atoms with Crippen LogP contribution in [-0.4, -0.2) is 15.0 Å². The molecule has 3 aromatic carbocycles. The number of hydrogen-bond acceptors (Lipinski definition) is 3. The molecule has 138 valence electrons. The molecule has 0 N–H and O–H groups in total. The first kappa shape index (κ1) is 17.7. The molecule has 0 radical (unpaired) electrons. The fraction of sp³-hybridized carbons (Fsp3) is 0. The van der Waals surface area contributed by atoms with E-state index in [4.69, 9.17) is 9.97 Å². The van der Waals surface area contributed by atoms with Gasteiger partial charge in [-0.25, -0.2) is 15.0 Å². The van der Waals surface area contributed by atoms with Crippen LogP contribution >= 0.6 is 15.9 Å². The van der Waals surface area contributed by atoms with Crippen molar-refractivity contribution in [3.05, 3.63) is 102 Å². The maximum absolute atomic E-state index is 4.94. The monoisotopic (exact) mass is 437 g/mol. The lowest BCUT2D eigenvalue weighted by Crippen LogP contribution is -1.96. The van der Waals surface area contributed by atoms with Crippen molar-refractivity contribution in [2.45, 2.75) is 0 Å². The van der Waals surface area contributed by atoms with E-state index >= 15 is 0 Å². The second-order valence-electron chi connectivity index (χ2n) is 6.72. The summed E-state index contributed by atoms with van der Waals surface area (Å²) in [7, 11) is 0. The molecule has 4 heteroatoms. The molecule has 0 saturated heterocycles. The number of pyridine rings is 1. The Balaban J connectivity index is 1.71. The first-order chi connectivity index (χ1) is 14.3. The summed E-state index contributed by atoms with van der Waals surface area (Å²) in [6.07, 6.45) is 1.77. The predicted molar refractivity (Wildman–Crippen MR) is 121 cm³/mol. The molecule has 2 heterocycles. The van der Waals surface area contributed by atoms with Gasteiger partial charge in [-0.15, -0.1) is 0 Å². The fourth-order valence-corrected chi connectivity index (χ4v) is 3.65. The predicted octanol–water partition coefficient (Wildman–Crippen LogP) is 6.79. The van der Waals surface area contributed by atoms with Crippen LogP contribution in [0.1, 0.15) is 0 Å². The highest BCUT2D eigenvalue weighted by molar-refractivity contribution is 9.10. The van der Waals surface area contributed by atoms with Gasteiger partial charge in [0.25, 0.3) is 0 Å². The van der Waals surface area contributed by atoms with Gasteiger partial charge in [0, 0.05) is 27.2 Å². The standard InChI is InChI=1S/C25H16BrN3/c26-21-13-11-18(12-14-21)24-28-23(22-10-5-15-27-25(22)29-24)20-9-4-8-19(16-20)17-6-2-1-3-7-17/h1-16H. The highest BCUT2D eigenvalue weighted by Gasteiger charge is 2.12. The largest absolute Gasteiger partial charge is 0.236 e. The Morgan fingerprint density at radius 1 is 0.586 bits per heavy atom. The van der Waals surface area contributed by atoms with Crippen molar-refractivity contribution < 1.29 is 0 Å². The summed E-state index contributed by atoms with van der Waals surface area (Å²) in [6, 6.07) is 30.8. The first-order valence-corrected chi connectivity index (χ1v) is 10.1. The summed E-state index contributed by atoms with van der Waals surface area (Å²) < 4.78 is 1.02. The number of benzene rings is 3. The van der Waals surface area contributed by atoms with E-state index in [1.165, 1.54) is 5.56 Å². The summed E-state index contributed by atoms with van der Waals surface area (Å²) in [6.45, 7) is 0. The van der Waals surface area contributed by atoms with Gasteiger partial charge in [0.05, 0.1) is 5.69 Å². The summed E-state index contributed by atoms with van der Waals surface area (Å²) >= 11 is 3.49. The van der Waals surface area contributed by atoms with Crippen molar-refractivity contribution in [1.29, 1.82) is 0 Å². The van der Waals surface area contributed by atoms with E-state index in [-0.39, 0.29) is 0 Å². The molecule has 0 atom stereocenters. The van der Waals surface area contributed by atoms with Crippen LogP contribution in [0.5, 0.6) is 0 Å². The lowest BCUT2D eigenvalue weighted by atomic mass is 10.0. The Bertz CT molecular complexity index is 1300. The molecule has 0 fully saturated rings. The molecule has 0 aliphatic heterocycles. The molecule has 0 spiro atoms. The Kier molecular flexibility index (Phi) is 4.62. The second-order valence-corrected chi connectivity index (χ2v) is 7.64. The van der Waals surface area contributed by atoms with Crippen molar-refractivity contribution in [1.82, 2.24) is 15.0 Å². The van der Waals surface area contributed by atoms with Gasteiger partial charge in [-0.05, 0) is 41.5 Å². The first-order valence-electron chi connectivity index (χ1n) is 9.32. The molecule has 0 unspecified atom stereocenters. The van der Waals surface area contributed by atoms with E-state index in [1.54, 1.807) is 6.20 Å². The summed E-state index contributed by atoms with van der Waals surface area (Å²) in [5.41, 5.74) is 5.92. The number of fused-ring (bicyclic) bond motifs is 1. The molecule has 2 aromatic heterocycles. The van der Waals surface area contributed by atoms with Crippen molar-refractivity contribution in [3.63, 3.8) is 0 Å². The van der Waals surface area contributed by atoms with Crippen LogP contribution in [0, 0.1) is 0 Å². The van der Waals surface area contributed by atoms with Gasteiger partial charge in [0.15, 0.2) is 11.5 Å². The lowest BCUT2D eigenvalue weighted by molar-refractivity contribution is 1.19. The second kappa shape index (κ2) is 7.57. The molecule has 0 amide bonds. The molecule has 0 saturated carbocycles. The summed E-state index contributed by atoms with van der Waals surface area (Å²) in [4.78, 5) is 14.1. The number of halogens is 1. The SMILES string of the molecule is Brc1ccc(-c2nc(-c3cccc(-c4ccccc4)c3)c3cccnc3n2)cc1. The van der Waals surface area contributed by atoms with Crippen LogP contribution < -0.4 is 0 Å². The van der Waals surface area contributed by atoms with Crippen LogP contribution in [-0.2, 0) is 0 Å². The highest BCUT2D eigenvalue weighted by Crippen LogP contribution is 2.31. The molecular weight excluding hydrogens is 422 g/mol. The Morgan fingerprint density at radius 2 is 1.34 bits per heavy atom. The Morgan fingerprint density at radius 3 is 2.17 bits per heavy atom. The summed E-state index contributed by atoms with van der Waals surface area (Å²) in [5.74, 6) is 0.670. The van der Waals surface area contributed by atoms with E-state index in [9.17, 15) is 0 Å². The number of hydrogen-bond donors (Lipinski definition) is 0. The molecule has 29 heavy (non-hydrogen) atoms. The molecule has 5 rings (SSSR count). The van der Waals surface area contributed by atoms with Gasteiger partial charge < -0.3 is 0 Å². The minimum Gasteiger partial charge on any atom is -0.236 e. The van der Waals surface area contributed by atoms with Crippen LogP contribution in [0.2, 0.25) is 0 Å². The number of rotatable bonds is 3. The zero-order valence-electron chi connectivity index (χ0n) is 15.5. The van der Waals surface area contributed by atoms with Crippen LogP contribution in [0.4, 0.5) is 0 Å². The molecule has 0 bridgehead atoms. The third-order valence-electron chi connectivity index (χ3n) is 4.82. The van der Waals surface area contributed by atoms with Gasteiger partial charge in [-0.3, -0.25) is 0 Å². The average molecular weight is 438 g/mol. The van der Waals surface area contributed by atoms with E-state index in [0.717, 1.165) is 32.2 Å². The number of aromatic nitrogens is 3. The smallest absolute Gasteiger partial charge is 0.163 e. The van der Waals surface area contributed by atoms with Crippen LogP contribution in [0.15, 0.2) is 102 Å². The average Bonchev–Trinajstić information content (AvgIpc) is 2.79. The van der Waals surface area contributed by atoms with Crippen molar-refractivity contribution >= 4 is 27.0 Å². The maximum Gasteiger partial charge on any atom is 0.163 e. The quantitative estimate of drug-likeness (QED) is 0.311. The molecule has 0 aliphatic carbocycles. The summed E-state index contributed by atoms with van der Waals surface area (Å²) in [5, 5.41) is 0.943. The van der Waals surface area contributed by atoms with Gasteiger partial charge in [0.2, 0.25) is 0 Å². The third kappa shape index (κ3) is 3.55. The fourth-order valence-electron chi connectivity index (χ4n) is 3.39. The minimum absolute atomic E-state index is 0.670. The van der Waals surface area contributed by atoms with Crippen LogP contribution in [0.25, 0.3) is 44.8 Å². The Labute approximate surface area is 177 Å².